The fourth-order valence-corrected chi connectivity index (χ4v) is 2.59. The molecule has 110 valence electrons. The van der Waals surface area contributed by atoms with Crippen molar-refractivity contribution in [3.05, 3.63) is 35.6 Å². The topological polar surface area (TPSA) is 60.8 Å². The van der Waals surface area contributed by atoms with Crippen LogP contribution < -0.4 is 0 Å². The number of β-amino-alcohol motifs (C(OH)–C–C–N with tert-alkyl or cyclic N) is 1. The molecular formula is C15H20FNO3. The Labute approximate surface area is 117 Å². The van der Waals surface area contributed by atoms with E-state index >= 15 is 0 Å². The van der Waals surface area contributed by atoms with Gasteiger partial charge in [-0.15, -0.1) is 0 Å². The molecule has 0 aromatic heterocycles. The van der Waals surface area contributed by atoms with Gasteiger partial charge in [0.15, 0.2) is 0 Å². The molecule has 0 saturated carbocycles. The Morgan fingerprint density at radius 1 is 1.50 bits per heavy atom. The van der Waals surface area contributed by atoms with Crippen LogP contribution in [0.5, 0.6) is 0 Å². The summed E-state index contributed by atoms with van der Waals surface area (Å²) in [5, 5.41) is 19.5. The van der Waals surface area contributed by atoms with Crippen LogP contribution in [0.15, 0.2) is 24.3 Å². The Kier molecular flexibility index (Phi) is 4.11. The van der Waals surface area contributed by atoms with Crippen molar-refractivity contribution in [3.63, 3.8) is 0 Å². The van der Waals surface area contributed by atoms with Crippen molar-refractivity contribution in [2.45, 2.75) is 44.4 Å². The third kappa shape index (κ3) is 3.55. The number of rotatable bonds is 3. The van der Waals surface area contributed by atoms with Gasteiger partial charge in [0.05, 0.1) is 24.2 Å². The molecule has 20 heavy (non-hydrogen) atoms. The quantitative estimate of drug-likeness (QED) is 0.885. The van der Waals surface area contributed by atoms with Gasteiger partial charge in [-0.1, -0.05) is 12.1 Å². The van der Waals surface area contributed by atoms with Crippen LogP contribution in [-0.2, 0) is 4.79 Å². The van der Waals surface area contributed by atoms with Gasteiger partial charge < -0.3 is 15.1 Å². The molecule has 1 saturated heterocycles. The van der Waals surface area contributed by atoms with Crippen molar-refractivity contribution < 1.29 is 19.4 Å². The number of aliphatic hydroxyl groups excluding tert-OH is 1. The highest BCUT2D eigenvalue weighted by molar-refractivity contribution is 5.78. The third-order valence-corrected chi connectivity index (χ3v) is 3.42. The molecule has 1 aromatic rings. The fourth-order valence-electron chi connectivity index (χ4n) is 2.59. The molecule has 0 radical (unpaired) electrons. The summed E-state index contributed by atoms with van der Waals surface area (Å²) in [7, 11) is 0. The molecule has 2 atom stereocenters. The largest absolute Gasteiger partial charge is 0.391 e. The summed E-state index contributed by atoms with van der Waals surface area (Å²) in [6, 6.07) is 5.73. The number of nitrogens with zero attached hydrogens (tertiary/aromatic N) is 1. The van der Waals surface area contributed by atoms with E-state index in [1.54, 1.807) is 26.0 Å². The molecule has 0 spiro atoms. The van der Waals surface area contributed by atoms with Crippen molar-refractivity contribution in [2.75, 3.05) is 6.54 Å². The van der Waals surface area contributed by atoms with Crippen molar-refractivity contribution >= 4 is 5.91 Å². The summed E-state index contributed by atoms with van der Waals surface area (Å²) in [4.78, 5) is 13.8. The third-order valence-electron chi connectivity index (χ3n) is 3.42. The van der Waals surface area contributed by atoms with E-state index in [-0.39, 0.29) is 30.7 Å². The van der Waals surface area contributed by atoms with Crippen molar-refractivity contribution in [2.24, 2.45) is 0 Å². The zero-order chi connectivity index (χ0) is 14.9. The molecule has 1 fully saturated rings. The highest BCUT2D eigenvalue weighted by Gasteiger charge is 2.36. The zero-order valence-corrected chi connectivity index (χ0v) is 11.7. The number of amides is 1. The van der Waals surface area contributed by atoms with Crippen LogP contribution in [0, 0.1) is 5.82 Å². The smallest absolute Gasteiger partial charge is 0.226 e. The van der Waals surface area contributed by atoms with Crippen molar-refractivity contribution in [1.29, 1.82) is 0 Å². The number of likely N-dealkylation sites (tertiary alicyclic amines) is 1. The van der Waals surface area contributed by atoms with Gasteiger partial charge in [-0.05, 0) is 38.0 Å². The Balaban J connectivity index is 2.21. The molecule has 4 nitrogen and oxygen atoms in total. The SMILES string of the molecule is CC(C)(O)CC(=O)N1C[C@@H](O)C[C@@H]1c1cccc(F)c1. The minimum absolute atomic E-state index is 0.0223. The maximum Gasteiger partial charge on any atom is 0.226 e. The van der Waals surface area contributed by atoms with Gasteiger partial charge in [0.25, 0.3) is 0 Å². The summed E-state index contributed by atoms with van der Waals surface area (Å²) in [6.07, 6.45) is -0.249. The first kappa shape index (κ1) is 14.9. The van der Waals surface area contributed by atoms with E-state index in [2.05, 4.69) is 0 Å². The van der Waals surface area contributed by atoms with Crippen LogP contribution in [0.3, 0.4) is 0 Å². The Morgan fingerprint density at radius 2 is 2.20 bits per heavy atom. The second-order valence-corrected chi connectivity index (χ2v) is 6.00. The Morgan fingerprint density at radius 3 is 2.80 bits per heavy atom. The Hall–Kier alpha value is -1.46. The molecule has 1 aliphatic heterocycles. The molecular weight excluding hydrogens is 261 g/mol. The van der Waals surface area contributed by atoms with Crippen LogP contribution in [0.1, 0.15) is 38.3 Å². The number of aliphatic hydroxyl groups is 2. The molecule has 1 heterocycles. The number of hydrogen-bond acceptors (Lipinski definition) is 3. The molecule has 2 rings (SSSR count). The predicted molar refractivity (Wildman–Crippen MR) is 72.4 cm³/mol. The summed E-state index contributed by atoms with van der Waals surface area (Å²) in [5.74, 6) is -0.595. The van der Waals surface area contributed by atoms with Crippen LogP contribution in [0.2, 0.25) is 0 Å². The van der Waals surface area contributed by atoms with Gasteiger partial charge in [-0.2, -0.15) is 0 Å². The van der Waals surface area contributed by atoms with E-state index in [1.165, 1.54) is 17.0 Å². The van der Waals surface area contributed by atoms with E-state index < -0.39 is 11.7 Å². The lowest BCUT2D eigenvalue weighted by Gasteiger charge is -2.27. The highest BCUT2D eigenvalue weighted by atomic mass is 19.1. The normalized spacial score (nSPS) is 23.1. The van der Waals surface area contributed by atoms with E-state index in [0.717, 1.165) is 0 Å². The molecule has 1 aromatic carbocycles. The van der Waals surface area contributed by atoms with Gasteiger partial charge in [-0.3, -0.25) is 4.79 Å². The minimum Gasteiger partial charge on any atom is -0.391 e. The second-order valence-electron chi connectivity index (χ2n) is 6.00. The van der Waals surface area contributed by atoms with E-state index in [1.807, 2.05) is 0 Å². The number of carbonyl (C=O) groups excluding carboxylic acids is 1. The number of benzene rings is 1. The molecule has 1 amide bonds. The number of hydrogen-bond donors (Lipinski definition) is 2. The maximum atomic E-state index is 13.3. The van der Waals surface area contributed by atoms with Crippen molar-refractivity contribution in [3.8, 4) is 0 Å². The van der Waals surface area contributed by atoms with E-state index in [9.17, 15) is 19.4 Å². The standard InChI is InChI=1S/C15H20FNO3/c1-15(2,20)8-14(19)17-9-12(18)7-13(17)10-4-3-5-11(16)6-10/h3-6,12-13,18,20H,7-9H2,1-2H3/t12-,13+/m0/s1. The molecule has 1 aliphatic rings. The maximum absolute atomic E-state index is 13.3. The van der Waals surface area contributed by atoms with Gasteiger partial charge >= 0.3 is 0 Å². The number of halogens is 1. The predicted octanol–water partition coefficient (Wildman–Crippen LogP) is 1.62. The summed E-state index contributed by atoms with van der Waals surface area (Å²) < 4.78 is 13.3. The summed E-state index contributed by atoms with van der Waals surface area (Å²) in [6.45, 7) is 3.35. The lowest BCUT2D eigenvalue weighted by atomic mass is 10.0. The van der Waals surface area contributed by atoms with E-state index in [0.29, 0.717) is 12.0 Å². The lowest BCUT2D eigenvalue weighted by molar-refractivity contribution is -0.136. The molecule has 2 N–H and O–H groups in total. The fraction of sp³-hybridized carbons (Fsp3) is 0.533. The molecule has 0 bridgehead atoms. The minimum atomic E-state index is -1.10. The van der Waals surface area contributed by atoms with E-state index in [4.69, 9.17) is 0 Å². The molecule has 0 aliphatic carbocycles. The van der Waals surface area contributed by atoms with Gasteiger partial charge in [0.1, 0.15) is 5.82 Å². The van der Waals surface area contributed by atoms with Crippen LogP contribution in [0.25, 0.3) is 0 Å². The van der Waals surface area contributed by atoms with Gasteiger partial charge in [0, 0.05) is 6.54 Å². The van der Waals surface area contributed by atoms with Gasteiger partial charge in [-0.25, -0.2) is 4.39 Å². The first-order chi connectivity index (χ1) is 9.26. The average molecular weight is 281 g/mol. The van der Waals surface area contributed by atoms with Crippen molar-refractivity contribution in [1.82, 2.24) is 4.90 Å². The summed E-state index contributed by atoms with van der Waals surface area (Å²) >= 11 is 0. The second kappa shape index (κ2) is 5.50. The number of carbonyl (C=O) groups is 1. The van der Waals surface area contributed by atoms with Crippen LogP contribution in [-0.4, -0.2) is 39.3 Å². The zero-order valence-electron chi connectivity index (χ0n) is 11.7. The molecule has 5 heteroatoms. The van der Waals surface area contributed by atoms with Crippen LogP contribution >= 0.6 is 0 Å². The van der Waals surface area contributed by atoms with Crippen LogP contribution in [0.4, 0.5) is 4.39 Å². The first-order valence-electron chi connectivity index (χ1n) is 6.71. The summed E-state index contributed by atoms with van der Waals surface area (Å²) in [5.41, 5.74) is -0.428. The average Bonchev–Trinajstić information content (AvgIpc) is 2.69. The highest BCUT2D eigenvalue weighted by Crippen LogP contribution is 2.33. The Bertz CT molecular complexity index is 498. The molecule has 0 unspecified atom stereocenters. The first-order valence-corrected chi connectivity index (χ1v) is 6.71. The monoisotopic (exact) mass is 281 g/mol. The van der Waals surface area contributed by atoms with Gasteiger partial charge in [0.2, 0.25) is 5.91 Å². The lowest BCUT2D eigenvalue weighted by Crippen LogP contribution is -2.36.